The minimum Gasteiger partial charge on any atom is -0.494 e. The van der Waals surface area contributed by atoms with Crippen LogP contribution in [0.15, 0.2) is 53.6 Å². The molecule has 0 fully saturated rings. The zero-order valence-electron chi connectivity index (χ0n) is 12.8. The first-order valence-corrected chi connectivity index (χ1v) is 7.60. The van der Waals surface area contributed by atoms with Gasteiger partial charge in [-0.15, -0.1) is 0 Å². The molecule has 0 saturated carbocycles. The van der Waals surface area contributed by atoms with Crippen LogP contribution in [0.1, 0.15) is 12.5 Å². The lowest BCUT2D eigenvalue weighted by Crippen LogP contribution is -2.25. The summed E-state index contributed by atoms with van der Waals surface area (Å²) in [4.78, 5) is 11.7. The van der Waals surface area contributed by atoms with Gasteiger partial charge in [0.1, 0.15) is 5.75 Å². The number of hydrogen-bond donors (Lipinski definition) is 2. The van der Waals surface area contributed by atoms with Crippen LogP contribution < -0.4 is 15.5 Å². The van der Waals surface area contributed by atoms with Gasteiger partial charge in [0, 0.05) is 16.3 Å². The normalized spacial score (nSPS) is 10.5. The van der Waals surface area contributed by atoms with Crippen LogP contribution in [0, 0.1) is 0 Å². The molecule has 2 N–H and O–H groups in total. The van der Waals surface area contributed by atoms with Crippen molar-refractivity contribution >= 4 is 29.4 Å². The third kappa shape index (κ3) is 5.64. The number of anilines is 1. The van der Waals surface area contributed by atoms with Crippen molar-refractivity contribution in [3.05, 3.63) is 59.1 Å². The average Bonchev–Trinajstić information content (AvgIpc) is 2.56. The highest BCUT2D eigenvalue weighted by Gasteiger charge is 2.00. The van der Waals surface area contributed by atoms with Gasteiger partial charge in [-0.25, -0.2) is 5.43 Å². The van der Waals surface area contributed by atoms with Crippen molar-refractivity contribution in [2.24, 2.45) is 5.10 Å². The monoisotopic (exact) mass is 331 g/mol. The minimum atomic E-state index is -0.248. The number of hydrogen-bond acceptors (Lipinski definition) is 4. The molecule has 0 aliphatic rings. The van der Waals surface area contributed by atoms with E-state index < -0.39 is 0 Å². The summed E-state index contributed by atoms with van der Waals surface area (Å²) in [6, 6.07) is 14.7. The van der Waals surface area contributed by atoms with Crippen molar-refractivity contribution in [1.82, 2.24) is 5.43 Å². The van der Waals surface area contributed by atoms with Gasteiger partial charge in [-0.05, 0) is 37.3 Å². The minimum absolute atomic E-state index is 0.119. The lowest BCUT2D eigenvalue weighted by atomic mass is 10.2. The van der Waals surface area contributed by atoms with E-state index >= 15 is 0 Å². The van der Waals surface area contributed by atoms with E-state index in [1.807, 2.05) is 49.4 Å². The average molecular weight is 332 g/mol. The van der Waals surface area contributed by atoms with E-state index in [-0.39, 0.29) is 12.5 Å². The van der Waals surface area contributed by atoms with E-state index in [0.29, 0.717) is 11.6 Å². The second-order valence-corrected chi connectivity index (χ2v) is 5.03. The van der Waals surface area contributed by atoms with Crippen LogP contribution in [-0.2, 0) is 4.79 Å². The first-order chi connectivity index (χ1) is 11.2. The topological polar surface area (TPSA) is 62.7 Å². The molecule has 0 saturated heterocycles. The molecular formula is C17H18ClN3O2. The summed E-state index contributed by atoms with van der Waals surface area (Å²) in [5.74, 6) is 0.550. The summed E-state index contributed by atoms with van der Waals surface area (Å²) in [6.45, 7) is 2.67. The Balaban J connectivity index is 1.78. The molecule has 0 aliphatic heterocycles. The number of ether oxygens (including phenoxy) is 1. The van der Waals surface area contributed by atoms with Crippen molar-refractivity contribution in [3.63, 3.8) is 0 Å². The Morgan fingerprint density at radius 3 is 2.65 bits per heavy atom. The number of benzene rings is 2. The van der Waals surface area contributed by atoms with Gasteiger partial charge < -0.3 is 10.1 Å². The number of nitrogens with zero attached hydrogens (tertiary/aromatic N) is 1. The molecule has 6 heteroatoms. The maximum atomic E-state index is 11.7. The van der Waals surface area contributed by atoms with E-state index in [1.54, 1.807) is 6.07 Å². The van der Waals surface area contributed by atoms with Gasteiger partial charge in [0.2, 0.25) is 0 Å². The van der Waals surface area contributed by atoms with Crippen molar-refractivity contribution < 1.29 is 9.53 Å². The van der Waals surface area contributed by atoms with Crippen LogP contribution in [0.25, 0.3) is 0 Å². The zero-order chi connectivity index (χ0) is 16.5. The Kier molecular flexibility index (Phi) is 6.44. The summed E-state index contributed by atoms with van der Waals surface area (Å²) >= 11 is 5.99. The largest absolute Gasteiger partial charge is 0.494 e. The van der Waals surface area contributed by atoms with Gasteiger partial charge in [-0.2, -0.15) is 5.10 Å². The molecule has 2 aromatic carbocycles. The van der Waals surface area contributed by atoms with Gasteiger partial charge in [-0.1, -0.05) is 29.8 Å². The molecule has 0 heterocycles. The van der Waals surface area contributed by atoms with Crippen LogP contribution in [0.5, 0.6) is 5.75 Å². The zero-order valence-corrected chi connectivity index (χ0v) is 13.5. The fourth-order valence-corrected chi connectivity index (χ4v) is 2.00. The highest BCUT2D eigenvalue weighted by molar-refractivity contribution is 6.33. The van der Waals surface area contributed by atoms with Crippen LogP contribution in [0.2, 0.25) is 5.02 Å². The van der Waals surface area contributed by atoms with E-state index in [4.69, 9.17) is 16.3 Å². The van der Waals surface area contributed by atoms with E-state index in [1.165, 1.54) is 6.21 Å². The lowest BCUT2D eigenvalue weighted by Gasteiger charge is -2.07. The van der Waals surface area contributed by atoms with Gasteiger partial charge in [-0.3, -0.25) is 4.79 Å². The Morgan fingerprint density at radius 1 is 1.22 bits per heavy atom. The summed E-state index contributed by atoms with van der Waals surface area (Å²) < 4.78 is 5.35. The van der Waals surface area contributed by atoms with Crippen molar-refractivity contribution in [1.29, 1.82) is 0 Å². The van der Waals surface area contributed by atoms with Gasteiger partial charge in [0.25, 0.3) is 5.91 Å². The number of rotatable bonds is 7. The third-order valence-electron chi connectivity index (χ3n) is 2.92. The smallest absolute Gasteiger partial charge is 0.259 e. The van der Waals surface area contributed by atoms with Gasteiger partial charge in [0.05, 0.1) is 19.4 Å². The van der Waals surface area contributed by atoms with E-state index in [9.17, 15) is 4.79 Å². The summed E-state index contributed by atoms with van der Waals surface area (Å²) in [5, 5.41) is 7.47. The molecule has 0 atom stereocenters. The van der Waals surface area contributed by atoms with Crippen molar-refractivity contribution in [2.45, 2.75) is 6.92 Å². The predicted octanol–water partition coefficient (Wildman–Crippen LogP) is 3.30. The quantitative estimate of drug-likeness (QED) is 0.604. The molecule has 5 nitrogen and oxygen atoms in total. The summed E-state index contributed by atoms with van der Waals surface area (Å²) in [6.07, 6.45) is 1.51. The lowest BCUT2D eigenvalue weighted by molar-refractivity contribution is -0.119. The maximum absolute atomic E-state index is 11.7. The third-order valence-corrected chi connectivity index (χ3v) is 3.26. The summed E-state index contributed by atoms with van der Waals surface area (Å²) in [5.41, 5.74) is 4.02. The number of hydrazone groups is 1. The molecular weight excluding hydrogens is 314 g/mol. The second-order valence-electron chi connectivity index (χ2n) is 4.63. The fraction of sp³-hybridized carbons (Fsp3) is 0.176. The Bertz CT molecular complexity index is 672. The second kappa shape index (κ2) is 8.80. The molecule has 0 spiro atoms. The van der Waals surface area contributed by atoms with Gasteiger partial charge >= 0.3 is 0 Å². The molecule has 0 bridgehead atoms. The standard InChI is InChI=1S/C17H18ClN3O2/c1-2-23-15-9-7-14(8-10-15)19-12-17(22)21-20-11-13-5-3-4-6-16(13)18/h3-11,19H,2,12H2,1H3,(H,21,22). The van der Waals surface area contributed by atoms with Crippen molar-refractivity contribution in [2.75, 3.05) is 18.5 Å². The number of carbonyl (C=O) groups is 1. The first-order valence-electron chi connectivity index (χ1n) is 7.22. The highest BCUT2D eigenvalue weighted by atomic mass is 35.5. The SMILES string of the molecule is CCOc1ccc(NCC(=O)NN=Cc2ccccc2Cl)cc1. The molecule has 0 unspecified atom stereocenters. The molecule has 0 aromatic heterocycles. The number of carbonyl (C=O) groups excluding carboxylic acids is 1. The van der Waals surface area contributed by atoms with Gasteiger partial charge in [0.15, 0.2) is 0 Å². The Hall–Kier alpha value is -2.53. The predicted molar refractivity (Wildman–Crippen MR) is 93.3 cm³/mol. The van der Waals surface area contributed by atoms with Crippen molar-refractivity contribution in [3.8, 4) is 5.75 Å². The summed E-state index contributed by atoms with van der Waals surface area (Å²) in [7, 11) is 0. The fourth-order valence-electron chi connectivity index (χ4n) is 1.81. The molecule has 1 amide bonds. The number of nitrogens with one attached hydrogen (secondary N) is 2. The molecule has 0 radical (unpaired) electrons. The van der Waals surface area contributed by atoms with Crippen LogP contribution in [0.4, 0.5) is 5.69 Å². The molecule has 120 valence electrons. The molecule has 2 aromatic rings. The Labute approximate surface area is 140 Å². The van der Waals surface area contributed by atoms with E-state index in [2.05, 4.69) is 15.8 Å². The molecule has 2 rings (SSSR count). The Morgan fingerprint density at radius 2 is 1.96 bits per heavy atom. The van der Waals surface area contributed by atoms with Crippen LogP contribution in [-0.4, -0.2) is 25.3 Å². The number of halogens is 1. The maximum Gasteiger partial charge on any atom is 0.259 e. The first kappa shape index (κ1) is 16.8. The van der Waals surface area contributed by atoms with Crippen LogP contribution >= 0.6 is 11.6 Å². The molecule has 0 aliphatic carbocycles. The van der Waals surface area contributed by atoms with Crippen LogP contribution in [0.3, 0.4) is 0 Å². The molecule has 23 heavy (non-hydrogen) atoms. The highest BCUT2D eigenvalue weighted by Crippen LogP contribution is 2.15. The number of amides is 1. The van der Waals surface area contributed by atoms with E-state index in [0.717, 1.165) is 17.0 Å².